The van der Waals surface area contributed by atoms with E-state index in [9.17, 15) is 22.9 Å². The van der Waals surface area contributed by atoms with Crippen molar-refractivity contribution in [1.82, 2.24) is 4.72 Å². The van der Waals surface area contributed by atoms with E-state index in [1.165, 1.54) is 0 Å². The number of rotatable bonds is 4. The van der Waals surface area contributed by atoms with Gasteiger partial charge in [-0.25, -0.2) is 13.1 Å². The summed E-state index contributed by atoms with van der Waals surface area (Å²) in [6.07, 6.45) is 0. The van der Waals surface area contributed by atoms with Crippen LogP contribution < -0.4 is 4.72 Å². The molecule has 0 aliphatic rings. The molecule has 0 saturated heterocycles. The first-order chi connectivity index (χ1) is 7.74. The zero-order valence-corrected chi connectivity index (χ0v) is 9.99. The molecular formula is C9H11FN2O4S. The fraction of sp³-hybridized carbons (Fsp3) is 0.333. The van der Waals surface area contributed by atoms with E-state index < -0.39 is 26.5 Å². The van der Waals surface area contributed by atoms with Crippen molar-refractivity contribution in [3.05, 3.63) is 34.1 Å². The van der Waals surface area contributed by atoms with E-state index in [0.717, 1.165) is 12.1 Å². The van der Waals surface area contributed by atoms with Crippen LogP contribution in [-0.4, -0.2) is 19.4 Å². The van der Waals surface area contributed by atoms with Gasteiger partial charge in [0.05, 0.1) is 9.82 Å². The Morgan fingerprint density at radius 1 is 1.41 bits per heavy atom. The van der Waals surface area contributed by atoms with Crippen LogP contribution in [0.3, 0.4) is 0 Å². The van der Waals surface area contributed by atoms with Gasteiger partial charge >= 0.3 is 5.69 Å². The lowest BCUT2D eigenvalue weighted by Gasteiger charge is -2.09. The number of hydrogen-bond donors (Lipinski definition) is 1. The van der Waals surface area contributed by atoms with Gasteiger partial charge in [-0.1, -0.05) is 0 Å². The van der Waals surface area contributed by atoms with Crippen LogP contribution in [0.1, 0.15) is 13.8 Å². The van der Waals surface area contributed by atoms with E-state index in [1.807, 2.05) is 0 Å². The maximum Gasteiger partial charge on any atom is 0.304 e. The largest absolute Gasteiger partial charge is 0.304 e. The lowest BCUT2D eigenvalue weighted by Crippen LogP contribution is -2.30. The molecule has 0 aliphatic carbocycles. The maximum absolute atomic E-state index is 13.2. The maximum atomic E-state index is 13.2. The molecule has 0 unspecified atom stereocenters. The number of nitro groups is 1. The molecule has 1 aromatic carbocycles. The monoisotopic (exact) mass is 262 g/mol. The summed E-state index contributed by atoms with van der Waals surface area (Å²) in [7, 11) is -3.84. The minimum absolute atomic E-state index is 0.339. The second kappa shape index (κ2) is 4.76. The Morgan fingerprint density at radius 2 is 2.00 bits per heavy atom. The molecule has 0 radical (unpaired) electrons. The molecule has 6 nitrogen and oxygen atoms in total. The summed E-state index contributed by atoms with van der Waals surface area (Å²) >= 11 is 0. The van der Waals surface area contributed by atoms with Gasteiger partial charge in [-0.05, 0) is 19.9 Å². The van der Waals surface area contributed by atoms with Gasteiger partial charge in [0.15, 0.2) is 0 Å². The third-order valence-corrected chi connectivity index (χ3v) is 3.47. The lowest BCUT2D eigenvalue weighted by molar-refractivity contribution is -0.387. The number of halogens is 1. The molecule has 1 aromatic rings. The molecule has 1 rings (SSSR count). The van der Waals surface area contributed by atoms with Gasteiger partial charge in [-0.15, -0.1) is 0 Å². The Labute approximate surface area is 97.7 Å². The quantitative estimate of drug-likeness (QED) is 0.656. The fourth-order valence-corrected chi connectivity index (χ4v) is 2.44. The first-order valence-corrected chi connectivity index (χ1v) is 6.18. The van der Waals surface area contributed by atoms with Crippen molar-refractivity contribution in [3.63, 3.8) is 0 Å². The van der Waals surface area contributed by atoms with E-state index in [4.69, 9.17) is 0 Å². The van der Waals surface area contributed by atoms with Crippen LogP contribution in [0.15, 0.2) is 23.1 Å². The lowest BCUT2D eigenvalue weighted by atomic mass is 10.3. The van der Waals surface area contributed by atoms with Crippen LogP contribution in [0.5, 0.6) is 0 Å². The van der Waals surface area contributed by atoms with Gasteiger partial charge in [-0.3, -0.25) is 10.1 Å². The second-order valence-corrected chi connectivity index (χ2v) is 5.36. The van der Waals surface area contributed by atoms with Crippen LogP contribution in [0.4, 0.5) is 10.1 Å². The predicted molar refractivity (Wildman–Crippen MR) is 58.5 cm³/mol. The third-order valence-electron chi connectivity index (χ3n) is 1.82. The molecule has 8 heteroatoms. The highest BCUT2D eigenvalue weighted by molar-refractivity contribution is 7.89. The number of sulfonamides is 1. The number of nitrogens with zero attached hydrogens (tertiary/aromatic N) is 1. The molecule has 0 saturated carbocycles. The van der Waals surface area contributed by atoms with Crippen LogP contribution in [0, 0.1) is 15.9 Å². The van der Waals surface area contributed by atoms with Crippen LogP contribution in [-0.2, 0) is 10.0 Å². The van der Waals surface area contributed by atoms with Crippen molar-refractivity contribution < 1.29 is 17.7 Å². The van der Waals surface area contributed by atoms with Gasteiger partial charge in [-0.2, -0.15) is 4.39 Å². The summed E-state index contributed by atoms with van der Waals surface area (Å²) in [5.41, 5.74) is -0.756. The van der Waals surface area contributed by atoms with Crippen molar-refractivity contribution in [3.8, 4) is 0 Å². The summed E-state index contributed by atoms with van der Waals surface area (Å²) in [5.74, 6) is -1.18. The van der Waals surface area contributed by atoms with Crippen molar-refractivity contribution in [1.29, 1.82) is 0 Å². The minimum atomic E-state index is -3.84. The number of nitrogens with one attached hydrogen (secondary N) is 1. The zero-order chi connectivity index (χ0) is 13.2. The highest BCUT2D eigenvalue weighted by Crippen LogP contribution is 2.20. The van der Waals surface area contributed by atoms with E-state index >= 15 is 0 Å². The minimum Gasteiger partial charge on any atom is -0.258 e. The van der Waals surface area contributed by atoms with Gasteiger partial charge in [0, 0.05) is 18.2 Å². The first-order valence-electron chi connectivity index (χ1n) is 4.70. The number of hydrogen-bond acceptors (Lipinski definition) is 4. The van der Waals surface area contributed by atoms with Crippen molar-refractivity contribution in [2.24, 2.45) is 0 Å². The fourth-order valence-electron chi connectivity index (χ4n) is 1.18. The summed E-state index contributed by atoms with van der Waals surface area (Å²) < 4.78 is 38.7. The highest BCUT2D eigenvalue weighted by Gasteiger charge is 2.20. The van der Waals surface area contributed by atoms with Crippen LogP contribution in [0.2, 0.25) is 0 Å². The Morgan fingerprint density at radius 3 is 2.41 bits per heavy atom. The van der Waals surface area contributed by atoms with Gasteiger partial charge in [0.2, 0.25) is 15.8 Å². The van der Waals surface area contributed by atoms with Crippen molar-refractivity contribution in [2.75, 3.05) is 0 Å². The van der Waals surface area contributed by atoms with Gasteiger partial charge in [0.1, 0.15) is 0 Å². The molecule has 0 fully saturated rings. The number of benzene rings is 1. The van der Waals surface area contributed by atoms with E-state index in [2.05, 4.69) is 4.72 Å². The summed E-state index contributed by atoms with van der Waals surface area (Å²) in [6, 6.07) is 2.09. The van der Waals surface area contributed by atoms with E-state index in [0.29, 0.717) is 6.07 Å². The molecule has 0 bridgehead atoms. The van der Waals surface area contributed by atoms with Crippen molar-refractivity contribution in [2.45, 2.75) is 24.8 Å². The molecule has 0 heterocycles. The SMILES string of the molecule is CC(C)NS(=O)(=O)c1ccc([N+](=O)[O-])c(F)c1. The number of nitro benzene ring substituents is 1. The smallest absolute Gasteiger partial charge is 0.258 e. The summed E-state index contributed by atoms with van der Waals surface area (Å²) in [4.78, 5) is 9.11. The van der Waals surface area contributed by atoms with Crippen LogP contribution in [0.25, 0.3) is 0 Å². The Bertz CT molecular complexity index is 542. The highest BCUT2D eigenvalue weighted by atomic mass is 32.2. The van der Waals surface area contributed by atoms with Gasteiger partial charge < -0.3 is 0 Å². The van der Waals surface area contributed by atoms with E-state index in [1.54, 1.807) is 13.8 Å². The Balaban J connectivity index is 3.18. The van der Waals surface area contributed by atoms with E-state index in [-0.39, 0.29) is 10.9 Å². The standard InChI is InChI=1S/C9H11FN2O4S/c1-6(2)11-17(15,16)7-3-4-9(12(13)14)8(10)5-7/h3-6,11H,1-2H3. The average Bonchev–Trinajstić information content (AvgIpc) is 2.14. The molecule has 0 aliphatic heterocycles. The Kier molecular flexibility index (Phi) is 3.79. The normalized spacial score (nSPS) is 11.8. The predicted octanol–water partition coefficient (Wildman–Crippen LogP) is 1.42. The Hall–Kier alpha value is -1.54. The molecule has 94 valence electrons. The molecular weight excluding hydrogens is 251 g/mol. The zero-order valence-electron chi connectivity index (χ0n) is 9.18. The summed E-state index contributed by atoms with van der Waals surface area (Å²) in [5, 5.41) is 10.4. The second-order valence-electron chi connectivity index (χ2n) is 3.65. The van der Waals surface area contributed by atoms with Crippen LogP contribution >= 0.6 is 0 Å². The third kappa shape index (κ3) is 3.21. The molecule has 0 atom stereocenters. The van der Waals surface area contributed by atoms with Crippen molar-refractivity contribution >= 4 is 15.7 Å². The molecule has 0 spiro atoms. The molecule has 0 aromatic heterocycles. The first kappa shape index (κ1) is 13.5. The molecule has 1 N–H and O–H groups in total. The molecule has 17 heavy (non-hydrogen) atoms. The van der Waals surface area contributed by atoms with Gasteiger partial charge in [0.25, 0.3) is 0 Å². The summed E-state index contributed by atoms with van der Waals surface area (Å²) in [6.45, 7) is 3.22. The average molecular weight is 262 g/mol. The molecule has 0 amide bonds. The topological polar surface area (TPSA) is 89.3 Å².